The number of aliphatic hydroxyl groups excluding tert-OH is 1. The van der Waals surface area contributed by atoms with Gasteiger partial charge in [0.15, 0.2) is 11.4 Å². The van der Waals surface area contributed by atoms with Crippen LogP contribution in [0.25, 0.3) is 0 Å². The normalized spacial score (nSPS) is 14.2. The molecule has 0 aliphatic rings. The van der Waals surface area contributed by atoms with Gasteiger partial charge in [0, 0.05) is 6.42 Å². The Hall–Kier alpha value is -0.560. The fraction of sp³-hybridized carbons (Fsp3) is 0.870. The van der Waals surface area contributed by atoms with E-state index in [0.29, 0.717) is 6.42 Å². The number of phosphoric acid groups is 1. The van der Waals surface area contributed by atoms with Gasteiger partial charge in [-0.05, 0) is 32.1 Å². The number of hydrogen-bond donors (Lipinski definition) is 4. The van der Waals surface area contributed by atoms with Crippen molar-refractivity contribution in [3.8, 4) is 0 Å². The molecule has 0 amide bonds. The highest BCUT2D eigenvalue weighted by atomic mass is 31.2. The molecule has 8 heteroatoms. The minimum absolute atomic E-state index is 0.0418. The van der Waals surface area contributed by atoms with Gasteiger partial charge >= 0.3 is 7.82 Å². The number of allylic oxidation sites excluding steroid dienone is 2. The summed E-state index contributed by atoms with van der Waals surface area (Å²) in [5.74, 6) is -0.660. The maximum Gasteiger partial charge on any atom is 0.469 e. The van der Waals surface area contributed by atoms with Crippen LogP contribution in [0.5, 0.6) is 0 Å². The van der Waals surface area contributed by atoms with Gasteiger partial charge in [0.2, 0.25) is 0 Å². The Bertz CT molecular complexity index is 518. The van der Waals surface area contributed by atoms with Crippen molar-refractivity contribution in [3.63, 3.8) is 0 Å². The summed E-state index contributed by atoms with van der Waals surface area (Å²) in [5, 5.41) is 19.2. The van der Waals surface area contributed by atoms with Gasteiger partial charge in [-0.2, -0.15) is 0 Å². The lowest BCUT2D eigenvalue weighted by atomic mass is 9.95. The Morgan fingerprint density at radius 2 is 1.29 bits per heavy atom. The van der Waals surface area contributed by atoms with Crippen LogP contribution in [0.2, 0.25) is 0 Å². The van der Waals surface area contributed by atoms with E-state index in [1.807, 2.05) is 0 Å². The van der Waals surface area contributed by atoms with Crippen molar-refractivity contribution in [1.29, 1.82) is 0 Å². The molecule has 1 atom stereocenters. The van der Waals surface area contributed by atoms with E-state index < -0.39 is 32.4 Å². The highest BCUT2D eigenvalue weighted by molar-refractivity contribution is 7.46. The van der Waals surface area contributed by atoms with E-state index in [-0.39, 0.29) is 6.42 Å². The summed E-state index contributed by atoms with van der Waals surface area (Å²) in [6, 6.07) is 0. The fourth-order valence-corrected chi connectivity index (χ4v) is 3.73. The number of carbonyl (C=O) groups is 1. The molecule has 7 nitrogen and oxygen atoms in total. The zero-order valence-electron chi connectivity index (χ0n) is 19.3. The molecule has 0 aliphatic heterocycles. The third-order valence-electron chi connectivity index (χ3n) is 5.42. The molecule has 0 saturated carbocycles. The van der Waals surface area contributed by atoms with Gasteiger partial charge in [-0.15, -0.1) is 0 Å². The molecule has 0 saturated heterocycles. The fourth-order valence-electron chi connectivity index (χ4n) is 3.35. The quantitative estimate of drug-likeness (QED) is 0.0985. The summed E-state index contributed by atoms with van der Waals surface area (Å²) in [5.41, 5.74) is -2.26. The summed E-state index contributed by atoms with van der Waals surface area (Å²) < 4.78 is 14.9. The lowest BCUT2D eigenvalue weighted by Crippen LogP contribution is -2.46. The van der Waals surface area contributed by atoms with Gasteiger partial charge in [-0.25, -0.2) is 4.57 Å². The first-order valence-electron chi connectivity index (χ1n) is 12.0. The summed E-state index contributed by atoms with van der Waals surface area (Å²) in [7, 11) is -4.81. The van der Waals surface area contributed by atoms with Crippen LogP contribution in [0.4, 0.5) is 0 Å². The van der Waals surface area contributed by atoms with Crippen molar-refractivity contribution in [2.75, 3.05) is 13.2 Å². The minimum atomic E-state index is -4.81. The number of ketones is 1. The van der Waals surface area contributed by atoms with E-state index in [9.17, 15) is 19.6 Å². The maximum atomic E-state index is 12.0. The van der Waals surface area contributed by atoms with E-state index in [1.165, 1.54) is 51.4 Å². The molecule has 0 heterocycles. The average Bonchev–Trinajstić information content (AvgIpc) is 2.73. The molecule has 0 aliphatic carbocycles. The lowest BCUT2D eigenvalue weighted by Gasteiger charge is -2.24. The average molecular weight is 465 g/mol. The number of carbonyl (C=O) groups excluding carboxylic acids is 1. The first kappa shape index (κ1) is 30.4. The summed E-state index contributed by atoms with van der Waals surface area (Å²) in [6.07, 6.45) is 22.1. The highest BCUT2D eigenvalue weighted by Crippen LogP contribution is 2.37. The van der Waals surface area contributed by atoms with Crippen LogP contribution in [-0.4, -0.2) is 44.6 Å². The molecule has 184 valence electrons. The Kier molecular flexibility index (Phi) is 18.6. The van der Waals surface area contributed by atoms with E-state index >= 15 is 0 Å². The predicted molar refractivity (Wildman–Crippen MR) is 124 cm³/mol. The van der Waals surface area contributed by atoms with Crippen LogP contribution in [0, 0.1) is 0 Å². The molecule has 1 unspecified atom stereocenters. The molecular formula is C23H45O7P. The van der Waals surface area contributed by atoms with Crippen molar-refractivity contribution in [1.82, 2.24) is 0 Å². The molecule has 0 bridgehead atoms. The van der Waals surface area contributed by atoms with E-state index in [0.717, 1.165) is 38.5 Å². The summed E-state index contributed by atoms with van der Waals surface area (Å²) in [6.45, 7) is 0.393. The molecule has 4 N–H and O–H groups in total. The maximum absolute atomic E-state index is 12.0. The molecule has 0 spiro atoms. The van der Waals surface area contributed by atoms with Crippen LogP contribution in [0.1, 0.15) is 110 Å². The van der Waals surface area contributed by atoms with E-state index in [4.69, 9.17) is 9.79 Å². The second kappa shape index (κ2) is 19.0. The van der Waals surface area contributed by atoms with Crippen molar-refractivity contribution in [2.24, 2.45) is 0 Å². The molecule has 31 heavy (non-hydrogen) atoms. The van der Waals surface area contributed by atoms with Crippen LogP contribution >= 0.6 is 7.82 Å². The Morgan fingerprint density at radius 1 is 0.839 bits per heavy atom. The van der Waals surface area contributed by atoms with Gasteiger partial charge in [0.25, 0.3) is 0 Å². The van der Waals surface area contributed by atoms with Gasteiger partial charge in [-0.3, -0.25) is 9.32 Å². The molecule has 0 rings (SSSR count). The summed E-state index contributed by atoms with van der Waals surface area (Å²) in [4.78, 5) is 29.4. The van der Waals surface area contributed by atoms with Gasteiger partial charge in [0.1, 0.15) is 0 Å². The third kappa shape index (κ3) is 18.7. The number of rotatable bonds is 22. The van der Waals surface area contributed by atoms with E-state index in [2.05, 4.69) is 23.6 Å². The predicted octanol–water partition coefficient (Wildman–Crippen LogP) is 5.21. The molecular weight excluding hydrogens is 419 g/mol. The largest absolute Gasteiger partial charge is 0.469 e. The minimum Gasteiger partial charge on any atom is -0.393 e. The number of aliphatic hydroxyl groups is 2. The monoisotopic (exact) mass is 464 g/mol. The molecule has 0 aromatic carbocycles. The number of phosphoric ester groups is 1. The Balaban J connectivity index is 3.60. The SMILES string of the molecule is CCCCCCCCCC/C=C\CCCCCCCC(=O)C(O)(CO)COP(=O)(O)O. The van der Waals surface area contributed by atoms with E-state index in [1.54, 1.807) is 0 Å². The zero-order valence-corrected chi connectivity index (χ0v) is 20.2. The van der Waals surface area contributed by atoms with Crippen molar-refractivity contribution < 1.29 is 33.9 Å². The van der Waals surface area contributed by atoms with Crippen molar-refractivity contribution in [2.45, 2.75) is 115 Å². The number of hydrogen-bond acceptors (Lipinski definition) is 5. The first-order chi connectivity index (χ1) is 14.7. The second-order valence-electron chi connectivity index (χ2n) is 8.42. The number of Topliss-reactive ketones (excluding diaryl/α,β-unsaturated/α-hetero) is 1. The first-order valence-corrected chi connectivity index (χ1v) is 13.5. The Labute approximate surface area is 188 Å². The molecule has 0 aromatic heterocycles. The van der Waals surface area contributed by atoms with Crippen LogP contribution in [0.15, 0.2) is 12.2 Å². The van der Waals surface area contributed by atoms with Gasteiger partial charge in [-0.1, -0.05) is 83.3 Å². The zero-order chi connectivity index (χ0) is 23.4. The van der Waals surface area contributed by atoms with Gasteiger partial charge in [0.05, 0.1) is 13.2 Å². The topological polar surface area (TPSA) is 124 Å². The number of unbranched alkanes of at least 4 members (excludes halogenated alkanes) is 13. The van der Waals surface area contributed by atoms with Gasteiger partial charge < -0.3 is 20.0 Å². The molecule has 0 aromatic rings. The highest BCUT2D eigenvalue weighted by Gasteiger charge is 2.37. The third-order valence-corrected chi connectivity index (χ3v) is 5.88. The standard InChI is InChI=1S/C23H45O7P/c1-2-3-4-5-6-7-8-9-10-11-12-13-14-15-16-17-18-19-22(25)23(26,20-24)21-30-31(27,28)29/h11-12,24,26H,2-10,13-21H2,1H3,(H2,27,28,29)/b12-11-. The van der Waals surface area contributed by atoms with Crippen LogP contribution in [0.3, 0.4) is 0 Å². The summed E-state index contributed by atoms with van der Waals surface area (Å²) >= 11 is 0. The molecule has 0 fully saturated rings. The van der Waals surface area contributed by atoms with Crippen molar-refractivity contribution in [3.05, 3.63) is 12.2 Å². The second-order valence-corrected chi connectivity index (χ2v) is 9.66. The smallest absolute Gasteiger partial charge is 0.393 e. The Morgan fingerprint density at radius 3 is 1.74 bits per heavy atom. The van der Waals surface area contributed by atoms with Crippen LogP contribution in [-0.2, 0) is 13.9 Å². The van der Waals surface area contributed by atoms with Crippen molar-refractivity contribution >= 4 is 13.6 Å². The molecule has 0 radical (unpaired) electrons. The lowest BCUT2D eigenvalue weighted by molar-refractivity contribution is -0.146. The van der Waals surface area contributed by atoms with Crippen LogP contribution < -0.4 is 0 Å².